The number of aromatic nitrogens is 2. The number of nitriles is 1. The van der Waals surface area contributed by atoms with Crippen molar-refractivity contribution in [3.05, 3.63) is 59.9 Å². The third-order valence-electron chi connectivity index (χ3n) is 9.09. The third kappa shape index (κ3) is 7.57. The Labute approximate surface area is 259 Å². The Morgan fingerprint density at radius 2 is 1.64 bits per heavy atom. The molecule has 7 rings (SSSR count). The van der Waals surface area contributed by atoms with E-state index in [2.05, 4.69) is 39.4 Å². The van der Waals surface area contributed by atoms with Crippen LogP contribution in [0, 0.1) is 22.6 Å². The summed E-state index contributed by atoms with van der Waals surface area (Å²) < 4.78 is 53.7. The van der Waals surface area contributed by atoms with E-state index in [1.165, 1.54) is 56.7 Å². The van der Waals surface area contributed by atoms with Gasteiger partial charge in [0.1, 0.15) is 17.7 Å². The number of hydrogen-bond acceptors (Lipinski definition) is 7. The molecule has 0 unspecified atom stereocenters. The molecule has 5 heterocycles. The van der Waals surface area contributed by atoms with Gasteiger partial charge >= 0.3 is 12.1 Å². The molecule has 2 N–H and O–H groups in total. The standard InChI is InChI=1S/C30H35FN6O.C2HF3O2/c1-38-26-8-13-36(14-9-26)24-4-6-25(7-5-24)37-28(22-2-3-23(20-32)27(31)18-22)19-29(34-37)33-21-30-10-15-35(16-11-30)17-12-30;3-2(4,5)1(6)7/h2-7,18-19,26H,8-17,21H2,1H3,(H,33,34);(H,6,7). The number of methoxy groups -OCH3 is 1. The molecule has 4 aliphatic heterocycles. The minimum absolute atomic E-state index is 0.0440. The Morgan fingerprint density at radius 3 is 2.18 bits per heavy atom. The lowest BCUT2D eigenvalue weighted by atomic mass is 9.72. The van der Waals surface area contributed by atoms with Crippen LogP contribution in [0.15, 0.2) is 48.5 Å². The van der Waals surface area contributed by atoms with E-state index in [-0.39, 0.29) is 5.56 Å². The van der Waals surface area contributed by atoms with Gasteiger partial charge < -0.3 is 25.0 Å². The number of anilines is 2. The Kier molecular flexibility index (Phi) is 9.65. The predicted octanol–water partition coefficient (Wildman–Crippen LogP) is 5.70. The number of carbonyl (C=O) groups is 1. The number of aliphatic carboxylic acids is 1. The van der Waals surface area contributed by atoms with Gasteiger partial charge in [-0.25, -0.2) is 13.9 Å². The first-order valence-electron chi connectivity index (χ1n) is 14.9. The molecule has 4 saturated heterocycles. The lowest BCUT2D eigenvalue weighted by molar-refractivity contribution is -0.192. The molecule has 2 aromatic carbocycles. The number of carboxylic acids is 1. The number of carboxylic acid groups (broad SMARTS) is 1. The molecule has 4 fully saturated rings. The molecule has 3 aromatic rings. The van der Waals surface area contributed by atoms with E-state index in [0.29, 0.717) is 17.1 Å². The quantitative estimate of drug-likeness (QED) is 0.321. The zero-order valence-corrected chi connectivity index (χ0v) is 25.0. The molecule has 1 aromatic heterocycles. The summed E-state index contributed by atoms with van der Waals surface area (Å²) in [5.41, 5.74) is 3.96. The highest BCUT2D eigenvalue weighted by molar-refractivity contribution is 5.73. The zero-order chi connectivity index (χ0) is 32.2. The van der Waals surface area contributed by atoms with Gasteiger partial charge in [-0.05, 0) is 93.6 Å². The van der Waals surface area contributed by atoms with Crippen LogP contribution in [0.1, 0.15) is 37.7 Å². The molecule has 0 aliphatic carbocycles. The van der Waals surface area contributed by atoms with Gasteiger partial charge in [-0.15, -0.1) is 5.10 Å². The van der Waals surface area contributed by atoms with E-state index in [4.69, 9.17) is 19.7 Å². The molecule has 2 bridgehead atoms. The van der Waals surface area contributed by atoms with Gasteiger partial charge in [0.2, 0.25) is 0 Å². The summed E-state index contributed by atoms with van der Waals surface area (Å²) in [5, 5.41) is 24.9. The second-order valence-electron chi connectivity index (χ2n) is 11.8. The maximum absolute atomic E-state index is 14.6. The van der Waals surface area contributed by atoms with E-state index >= 15 is 0 Å². The first-order valence-corrected chi connectivity index (χ1v) is 14.9. The number of hydrogen-bond donors (Lipinski definition) is 2. The van der Waals surface area contributed by atoms with Gasteiger partial charge in [0.15, 0.2) is 0 Å². The Morgan fingerprint density at radius 1 is 1.04 bits per heavy atom. The first kappa shape index (κ1) is 32.2. The van der Waals surface area contributed by atoms with Crippen molar-refractivity contribution < 1.29 is 32.2 Å². The summed E-state index contributed by atoms with van der Waals surface area (Å²) in [4.78, 5) is 13.8. The molecule has 0 amide bonds. The molecular weight excluding hydrogens is 592 g/mol. The average Bonchev–Trinajstić information content (AvgIpc) is 3.49. The van der Waals surface area contributed by atoms with E-state index in [1.54, 1.807) is 13.2 Å². The van der Waals surface area contributed by atoms with Gasteiger partial charge in [0.05, 0.1) is 23.0 Å². The fourth-order valence-corrected chi connectivity index (χ4v) is 6.23. The minimum atomic E-state index is -5.08. The van der Waals surface area contributed by atoms with Crippen LogP contribution in [0.25, 0.3) is 16.9 Å². The molecule has 0 spiro atoms. The van der Waals surface area contributed by atoms with E-state index in [0.717, 1.165) is 49.7 Å². The van der Waals surface area contributed by atoms with Gasteiger partial charge in [-0.2, -0.15) is 18.4 Å². The molecular formula is C32H36F4N6O3. The van der Waals surface area contributed by atoms with Gasteiger partial charge in [0.25, 0.3) is 0 Å². The van der Waals surface area contributed by atoms with E-state index in [1.807, 2.05) is 16.8 Å². The molecule has 240 valence electrons. The minimum Gasteiger partial charge on any atom is -0.475 e. The largest absolute Gasteiger partial charge is 0.490 e. The summed E-state index contributed by atoms with van der Waals surface area (Å²) in [6.45, 7) is 6.39. The number of benzene rings is 2. The highest BCUT2D eigenvalue weighted by atomic mass is 19.4. The fourth-order valence-electron chi connectivity index (χ4n) is 6.23. The highest BCUT2D eigenvalue weighted by Gasteiger charge is 2.39. The van der Waals surface area contributed by atoms with Crippen molar-refractivity contribution in [1.82, 2.24) is 14.7 Å². The first-order chi connectivity index (χ1) is 21.5. The molecule has 0 atom stereocenters. The van der Waals surface area contributed by atoms with Crippen LogP contribution in [-0.2, 0) is 9.53 Å². The lowest BCUT2D eigenvalue weighted by Crippen LogP contribution is -2.50. The van der Waals surface area contributed by atoms with Crippen molar-refractivity contribution in [2.24, 2.45) is 5.41 Å². The van der Waals surface area contributed by atoms with E-state index in [9.17, 15) is 22.8 Å². The Hall–Kier alpha value is -4.15. The molecule has 9 nitrogen and oxygen atoms in total. The summed E-state index contributed by atoms with van der Waals surface area (Å²) >= 11 is 0. The van der Waals surface area contributed by atoms with Crippen LogP contribution in [-0.4, -0.2) is 84.4 Å². The van der Waals surface area contributed by atoms with Crippen LogP contribution >= 0.6 is 0 Å². The van der Waals surface area contributed by atoms with Crippen LogP contribution in [0.5, 0.6) is 0 Å². The van der Waals surface area contributed by atoms with Crippen LogP contribution in [0.4, 0.5) is 29.1 Å². The van der Waals surface area contributed by atoms with Crippen LogP contribution in [0.2, 0.25) is 0 Å². The van der Waals surface area contributed by atoms with Gasteiger partial charge in [0, 0.05) is 44.1 Å². The summed E-state index contributed by atoms with van der Waals surface area (Å²) in [5.74, 6) is -2.49. The van der Waals surface area contributed by atoms with Crippen LogP contribution < -0.4 is 10.2 Å². The normalized spacial score (nSPS) is 21.5. The number of piperidine rings is 4. The number of fused-ring (bicyclic) bond motifs is 3. The number of nitrogens with zero attached hydrogens (tertiary/aromatic N) is 5. The SMILES string of the molecule is COC1CCN(c2ccc(-n3nc(NCC45CCN(CC4)CC5)cc3-c3ccc(C#N)c(F)c3)cc2)CC1.O=C(O)C(F)(F)F. The number of halogens is 4. The molecule has 0 saturated carbocycles. The monoisotopic (exact) mass is 628 g/mol. The Balaban J connectivity index is 0.000000515. The third-order valence-corrected chi connectivity index (χ3v) is 9.09. The molecule has 13 heteroatoms. The summed E-state index contributed by atoms with van der Waals surface area (Å²) in [7, 11) is 1.79. The van der Waals surface area contributed by atoms with E-state index < -0.39 is 18.0 Å². The summed E-state index contributed by atoms with van der Waals surface area (Å²) in [6, 6.07) is 17.1. The van der Waals surface area contributed by atoms with Crippen molar-refractivity contribution in [2.75, 3.05) is 56.6 Å². The predicted molar refractivity (Wildman–Crippen MR) is 161 cm³/mol. The Bertz CT molecular complexity index is 1510. The lowest BCUT2D eigenvalue weighted by Gasteiger charge is -2.48. The maximum Gasteiger partial charge on any atom is 0.490 e. The topological polar surface area (TPSA) is 107 Å². The number of nitrogens with one attached hydrogen (secondary N) is 1. The molecule has 4 aliphatic rings. The molecule has 45 heavy (non-hydrogen) atoms. The van der Waals surface area contributed by atoms with Crippen LogP contribution in [0.3, 0.4) is 0 Å². The average molecular weight is 629 g/mol. The smallest absolute Gasteiger partial charge is 0.475 e. The van der Waals surface area contributed by atoms with Gasteiger partial charge in [-0.3, -0.25) is 0 Å². The highest BCUT2D eigenvalue weighted by Crippen LogP contribution is 2.40. The fraction of sp³-hybridized carbons (Fsp3) is 0.469. The second-order valence-corrected chi connectivity index (χ2v) is 11.8. The number of rotatable bonds is 7. The molecule has 0 radical (unpaired) electrons. The summed E-state index contributed by atoms with van der Waals surface area (Å²) in [6.07, 6.45) is 0.976. The van der Waals surface area contributed by atoms with Crippen molar-refractivity contribution in [1.29, 1.82) is 5.26 Å². The maximum atomic E-state index is 14.6. The second kappa shape index (κ2) is 13.5. The van der Waals surface area contributed by atoms with Crippen molar-refractivity contribution in [3.8, 4) is 23.0 Å². The number of ether oxygens (including phenoxy) is 1. The zero-order valence-electron chi connectivity index (χ0n) is 25.0. The van der Waals surface area contributed by atoms with Crippen molar-refractivity contribution in [2.45, 2.75) is 44.4 Å². The van der Waals surface area contributed by atoms with Gasteiger partial charge in [-0.1, -0.05) is 6.07 Å². The number of alkyl halides is 3. The van der Waals surface area contributed by atoms with Crippen molar-refractivity contribution in [3.63, 3.8) is 0 Å². The van der Waals surface area contributed by atoms with Crippen molar-refractivity contribution >= 4 is 17.5 Å².